The summed E-state index contributed by atoms with van der Waals surface area (Å²) in [6.07, 6.45) is 5.31. The molecule has 1 aliphatic heterocycles. The Labute approximate surface area is 196 Å². The number of likely N-dealkylation sites (tertiary alicyclic amines) is 1. The summed E-state index contributed by atoms with van der Waals surface area (Å²) in [6, 6.07) is 10.8. The average molecular weight is 528 g/mol. The summed E-state index contributed by atoms with van der Waals surface area (Å²) in [7, 11) is 0. The first kappa shape index (κ1) is 24.1. The van der Waals surface area contributed by atoms with E-state index >= 15 is 0 Å². The Bertz CT molecular complexity index is 699. The zero-order valence-corrected chi connectivity index (χ0v) is 20.7. The van der Waals surface area contributed by atoms with Gasteiger partial charge in [-0.15, -0.1) is 35.3 Å². The number of nitrogens with zero attached hydrogens (tertiary/aromatic N) is 3. The number of hydrogen-bond donors (Lipinski definition) is 2. The van der Waals surface area contributed by atoms with E-state index in [0.29, 0.717) is 6.04 Å². The summed E-state index contributed by atoms with van der Waals surface area (Å²) >= 11 is 1.85. The van der Waals surface area contributed by atoms with Crippen molar-refractivity contribution in [3.63, 3.8) is 0 Å². The highest BCUT2D eigenvalue weighted by Gasteiger charge is 2.25. The van der Waals surface area contributed by atoms with Gasteiger partial charge in [-0.2, -0.15) is 0 Å². The molecule has 1 atom stereocenters. The Hall–Kier alpha value is -1.19. The fraction of sp³-hybridized carbons (Fsp3) is 0.545. The zero-order chi connectivity index (χ0) is 19.6. The maximum atomic E-state index is 4.93. The van der Waals surface area contributed by atoms with Crippen LogP contribution in [-0.4, -0.2) is 48.6 Å². The third kappa shape index (κ3) is 7.86. The molecule has 3 heterocycles. The van der Waals surface area contributed by atoms with Crippen molar-refractivity contribution in [2.75, 3.05) is 32.7 Å². The van der Waals surface area contributed by atoms with Gasteiger partial charge in [-0.05, 0) is 62.4 Å². The molecule has 160 valence electrons. The van der Waals surface area contributed by atoms with E-state index in [2.05, 4.69) is 57.9 Å². The average Bonchev–Trinajstić information content (AvgIpc) is 3.25. The van der Waals surface area contributed by atoms with Gasteiger partial charge in [0.05, 0.1) is 12.6 Å². The predicted molar refractivity (Wildman–Crippen MR) is 134 cm³/mol. The van der Waals surface area contributed by atoms with Gasteiger partial charge in [-0.3, -0.25) is 14.9 Å². The standard InChI is InChI=1S/C22H33N5S.HI/c1-3-23-22(25-13-9-19-7-4-5-12-24-19)26-17-20(21-8-6-16-28-21)27-14-10-18(2)11-15-27;/h4-8,12,16,18,20H,3,9-11,13-15,17H2,1-2H3,(H2,23,25,26);1H. The highest BCUT2D eigenvalue weighted by molar-refractivity contribution is 14.0. The van der Waals surface area contributed by atoms with E-state index in [9.17, 15) is 0 Å². The van der Waals surface area contributed by atoms with Crippen LogP contribution in [0.2, 0.25) is 0 Å². The molecule has 0 saturated carbocycles. The molecule has 7 heteroatoms. The second-order valence-corrected chi connectivity index (χ2v) is 8.45. The third-order valence-electron chi connectivity index (χ3n) is 5.30. The van der Waals surface area contributed by atoms with Gasteiger partial charge in [-0.25, -0.2) is 0 Å². The molecule has 29 heavy (non-hydrogen) atoms. The first-order valence-corrected chi connectivity index (χ1v) is 11.3. The maximum Gasteiger partial charge on any atom is 0.191 e. The van der Waals surface area contributed by atoms with E-state index in [4.69, 9.17) is 4.99 Å². The summed E-state index contributed by atoms with van der Waals surface area (Å²) in [5.41, 5.74) is 1.10. The molecule has 5 nitrogen and oxygen atoms in total. The molecule has 0 spiro atoms. The Kier molecular flexibility index (Phi) is 10.9. The fourth-order valence-electron chi connectivity index (χ4n) is 3.58. The van der Waals surface area contributed by atoms with E-state index in [1.54, 1.807) is 0 Å². The van der Waals surface area contributed by atoms with Gasteiger partial charge in [0.1, 0.15) is 0 Å². The molecule has 1 saturated heterocycles. The molecule has 2 aromatic heterocycles. The molecule has 0 bridgehead atoms. The Balaban J connectivity index is 0.00000300. The predicted octanol–water partition coefficient (Wildman–Crippen LogP) is 4.33. The maximum absolute atomic E-state index is 4.93. The normalized spacial score (nSPS) is 16.8. The Morgan fingerprint density at radius 2 is 2.07 bits per heavy atom. The fourth-order valence-corrected chi connectivity index (χ4v) is 4.43. The summed E-state index contributed by atoms with van der Waals surface area (Å²) in [5.74, 6) is 1.74. The lowest BCUT2D eigenvalue weighted by Crippen LogP contribution is -2.40. The number of pyridine rings is 1. The first-order valence-electron chi connectivity index (χ1n) is 10.5. The molecule has 1 fully saturated rings. The van der Waals surface area contributed by atoms with E-state index in [0.717, 1.165) is 43.6 Å². The number of guanidine groups is 1. The number of nitrogens with one attached hydrogen (secondary N) is 2. The lowest BCUT2D eigenvalue weighted by molar-refractivity contribution is 0.143. The summed E-state index contributed by atoms with van der Waals surface area (Å²) in [5, 5.41) is 9.02. The molecule has 2 N–H and O–H groups in total. The van der Waals surface area contributed by atoms with Gasteiger partial charge in [0.2, 0.25) is 0 Å². The van der Waals surface area contributed by atoms with Crippen LogP contribution in [0.1, 0.15) is 43.3 Å². The van der Waals surface area contributed by atoms with E-state index in [1.165, 1.54) is 30.8 Å². The molecule has 0 amide bonds. The van der Waals surface area contributed by atoms with E-state index < -0.39 is 0 Å². The minimum atomic E-state index is 0. The minimum absolute atomic E-state index is 0. The third-order valence-corrected chi connectivity index (χ3v) is 6.27. The lowest BCUT2D eigenvalue weighted by atomic mass is 9.97. The molecule has 0 aromatic carbocycles. The van der Waals surface area contributed by atoms with Crippen molar-refractivity contribution in [2.24, 2.45) is 10.9 Å². The molecule has 3 rings (SSSR count). The molecular formula is C22H34IN5S. The number of aromatic nitrogens is 1. The molecular weight excluding hydrogens is 493 g/mol. The van der Waals surface area contributed by atoms with E-state index in [-0.39, 0.29) is 24.0 Å². The van der Waals surface area contributed by atoms with Crippen LogP contribution in [-0.2, 0) is 6.42 Å². The van der Waals surface area contributed by atoms with Crippen LogP contribution in [0, 0.1) is 5.92 Å². The quantitative estimate of drug-likeness (QED) is 0.305. The summed E-state index contributed by atoms with van der Waals surface area (Å²) in [4.78, 5) is 13.4. The minimum Gasteiger partial charge on any atom is -0.357 e. The number of halogens is 1. The van der Waals surface area contributed by atoms with Crippen LogP contribution in [0.5, 0.6) is 0 Å². The summed E-state index contributed by atoms with van der Waals surface area (Å²) in [6.45, 7) is 9.29. The van der Waals surface area contributed by atoms with Gasteiger partial charge < -0.3 is 10.6 Å². The van der Waals surface area contributed by atoms with Crippen molar-refractivity contribution < 1.29 is 0 Å². The molecule has 2 aromatic rings. The number of hydrogen-bond acceptors (Lipinski definition) is 4. The number of thiophene rings is 1. The largest absolute Gasteiger partial charge is 0.357 e. The summed E-state index contributed by atoms with van der Waals surface area (Å²) < 4.78 is 0. The highest BCUT2D eigenvalue weighted by atomic mass is 127. The van der Waals surface area contributed by atoms with E-state index in [1.807, 2.05) is 29.7 Å². The number of piperidine rings is 1. The van der Waals surface area contributed by atoms with Crippen molar-refractivity contribution in [3.8, 4) is 0 Å². The molecule has 0 radical (unpaired) electrons. The van der Waals surface area contributed by atoms with Gasteiger partial charge in [0.15, 0.2) is 5.96 Å². The van der Waals surface area contributed by atoms with Gasteiger partial charge in [-0.1, -0.05) is 19.1 Å². The van der Waals surface area contributed by atoms with Gasteiger partial charge >= 0.3 is 0 Å². The van der Waals surface area contributed by atoms with Crippen LogP contribution < -0.4 is 10.6 Å². The number of rotatable bonds is 8. The highest BCUT2D eigenvalue weighted by Crippen LogP contribution is 2.29. The zero-order valence-electron chi connectivity index (χ0n) is 17.5. The Morgan fingerprint density at radius 1 is 1.24 bits per heavy atom. The second-order valence-electron chi connectivity index (χ2n) is 7.47. The topological polar surface area (TPSA) is 52.6 Å². The first-order chi connectivity index (χ1) is 13.8. The monoisotopic (exact) mass is 527 g/mol. The van der Waals surface area contributed by atoms with Gasteiger partial charge in [0.25, 0.3) is 0 Å². The molecule has 1 unspecified atom stereocenters. The van der Waals surface area contributed by atoms with Crippen LogP contribution in [0.3, 0.4) is 0 Å². The van der Waals surface area contributed by atoms with Gasteiger partial charge in [0, 0.05) is 36.3 Å². The van der Waals surface area contributed by atoms with Crippen LogP contribution in [0.4, 0.5) is 0 Å². The van der Waals surface area contributed by atoms with Crippen molar-refractivity contribution >= 4 is 41.3 Å². The molecule has 1 aliphatic rings. The second kappa shape index (κ2) is 13.2. The lowest BCUT2D eigenvalue weighted by Gasteiger charge is -2.35. The molecule has 0 aliphatic carbocycles. The Morgan fingerprint density at radius 3 is 2.72 bits per heavy atom. The van der Waals surface area contributed by atoms with Crippen molar-refractivity contribution in [1.29, 1.82) is 0 Å². The van der Waals surface area contributed by atoms with Crippen LogP contribution in [0.25, 0.3) is 0 Å². The van der Waals surface area contributed by atoms with Crippen LogP contribution in [0.15, 0.2) is 46.9 Å². The SMILES string of the molecule is CCNC(=NCC(c1cccs1)N1CCC(C)CC1)NCCc1ccccn1.I. The van der Waals surface area contributed by atoms with Crippen molar-refractivity contribution in [1.82, 2.24) is 20.5 Å². The number of aliphatic imine (C=N–C) groups is 1. The van der Waals surface area contributed by atoms with Crippen molar-refractivity contribution in [2.45, 2.75) is 39.2 Å². The van der Waals surface area contributed by atoms with Crippen molar-refractivity contribution in [3.05, 3.63) is 52.5 Å². The smallest absolute Gasteiger partial charge is 0.191 e. The van der Waals surface area contributed by atoms with Crippen LogP contribution >= 0.6 is 35.3 Å².